The second-order valence-electron chi connectivity index (χ2n) is 18.2. The van der Waals surface area contributed by atoms with Crippen LogP contribution in [0.5, 0.6) is 11.5 Å². The highest BCUT2D eigenvalue weighted by atomic mass is 35.5. The number of para-hydroxylation sites is 1. The number of hydrogen-bond donors (Lipinski definition) is 1. The number of nitrogen functional groups attached to an aromatic ring is 1. The van der Waals surface area contributed by atoms with Gasteiger partial charge in [0.2, 0.25) is 5.60 Å². The highest BCUT2D eigenvalue weighted by molar-refractivity contribution is 7.49. The number of halogens is 1. The Balaban J connectivity index is 1.08. The van der Waals surface area contributed by atoms with Gasteiger partial charge < -0.3 is 38.7 Å². The van der Waals surface area contributed by atoms with E-state index in [0.717, 1.165) is 19.3 Å². The number of aromatic nitrogens is 3. The summed E-state index contributed by atoms with van der Waals surface area (Å²) in [6.45, 7) is 5.39. The molecule has 4 aromatic rings. The third kappa shape index (κ3) is 15.3. The Labute approximate surface area is 412 Å². The van der Waals surface area contributed by atoms with E-state index < -0.39 is 50.2 Å². The molecule has 2 aromatic carbocycles. The van der Waals surface area contributed by atoms with Crippen molar-refractivity contribution in [3.8, 4) is 23.6 Å². The van der Waals surface area contributed by atoms with Gasteiger partial charge >= 0.3 is 7.82 Å². The van der Waals surface area contributed by atoms with Crippen molar-refractivity contribution in [2.24, 2.45) is 0 Å². The molecule has 376 valence electrons. The summed E-state index contributed by atoms with van der Waals surface area (Å²) in [6.07, 6.45) is 18.1. The maximum atomic E-state index is 14.9. The second-order valence-corrected chi connectivity index (χ2v) is 20.2. The summed E-state index contributed by atoms with van der Waals surface area (Å²) in [5.41, 5.74) is 6.43. The lowest BCUT2D eigenvalue weighted by atomic mass is 9.96. The molecule has 6 rings (SSSR count). The topological polar surface area (TPSA) is 204 Å². The van der Waals surface area contributed by atoms with Crippen molar-refractivity contribution in [1.82, 2.24) is 14.6 Å². The number of fused-ring (bicyclic) bond motifs is 2. The summed E-state index contributed by atoms with van der Waals surface area (Å²) in [5.74, 6) is -0.374. The van der Waals surface area contributed by atoms with E-state index in [4.69, 9.17) is 59.3 Å². The molecule has 2 N–H and O–H groups in total. The van der Waals surface area contributed by atoms with Gasteiger partial charge in [-0.05, 0) is 56.7 Å². The van der Waals surface area contributed by atoms with Crippen LogP contribution in [0.1, 0.15) is 146 Å². The summed E-state index contributed by atoms with van der Waals surface area (Å²) in [7, 11) is -3.16. The minimum atomic E-state index is -4.67. The predicted octanol–water partition coefficient (Wildman–Crippen LogP) is 11.8. The number of hydrogen-bond acceptors (Lipinski definition) is 15. The Morgan fingerprint density at radius 1 is 0.855 bits per heavy atom. The normalized spacial score (nSPS) is 20.8. The van der Waals surface area contributed by atoms with Crippen LogP contribution in [-0.4, -0.2) is 77.8 Å². The molecular weight excluding hydrogens is 923 g/mol. The van der Waals surface area contributed by atoms with Crippen LogP contribution in [-0.2, 0) is 43.9 Å². The first-order valence-electron chi connectivity index (χ1n) is 24.6. The summed E-state index contributed by atoms with van der Waals surface area (Å²) < 4.78 is 71.9. The second kappa shape index (κ2) is 26.8. The molecule has 2 aliphatic heterocycles. The zero-order chi connectivity index (χ0) is 49.1. The van der Waals surface area contributed by atoms with Crippen LogP contribution >= 0.6 is 19.4 Å². The molecule has 0 amide bonds. The molecule has 69 heavy (non-hydrogen) atoms. The van der Waals surface area contributed by atoms with Gasteiger partial charge in [0.05, 0.1) is 49.3 Å². The van der Waals surface area contributed by atoms with E-state index in [9.17, 15) is 15.1 Å². The van der Waals surface area contributed by atoms with E-state index >= 15 is 0 Å². The zero-order valence-corrected chi connectivity index (χ0v) is 42.3. The van der Waals surface area contributed by atoms with Crippen molar-refractivity contribution in [3.05, 3.63) is 82.8 Å². The lowest BCUT2D eigenvalue weighted by molar-refractivity contribution is -0.204. The van der Waals surface area contributed by atoms with E-state index in [1.807, 2.05) is 0 Å². The molecule has 2 saturated heterocycles. The maximum Gasteiger partial charge on any atom is 0.530 e. The number of phosphoric acid groups is 1. The van der Waals surface area contributed by atoms with Crippen molar-refractivity contribution >= 4 is 30.8 Å². The maximum absolute atomic E-state index is 14.9. The third-order valence-electron chi connectivity index (χ3n) is 12.5. The van der Waals surface area contributed by atoms with Gasteiger partial charge in [-0.15, -0.1) is 0 Å². The van der Waals surface area contributed by atoms with Crippen LogP contribution in [0.4, 0.5) is 5.82 Å². The molecule has 0 saturated carbocycles. The highest BCUT2D eigenvalue weighted by Gasteiger charge is 2.65. The van der Waals surface area contributed by atoms with Gasteiger partial charge in [-0.3, -0.25) is 9.05 Å². The summed E-state index contributed by atoms with van der Waals surface area (Å²) in [5, 5.41) is 24.9. The molecule has 0 spiro atoms. The lowest BCUT2D eigenvalue weighted by Crippen LogP contribution is -2.46. The van der Waals surface area contributed by atoms with Crippen LogP contribution in [0, 0.1) is 22.7 Å². The number of anilines is 1. The SMILES string of the molecule is CCCCCCCCCCCCCCCCCCOCC(COP(=O)(OC[C@@]1(C#N)O[C@@H](c2ccc3c(N)ncnn23)[C@@H]2OC(C)(C)O[C@@H]21)Oc1ccccc1Cl)OCc1ccc(C#N)cc1OC. The summed E-state index contributed by atoms with van der Waals surface area (Å²) in [4.78, 5) is 4.08. The number of ether oxygens (including phenoxy) is 6. The van der Waals surface area contributed by atoms with Gasteiger partial charge in [0, 0.05) is 12.2 Å². The van der Waals surface area contributed by atoms with Crippen LogP contribution in [0.3, 0.4) is 0 Å². The Kier molecular flexibility index (Phi) is 21.0. The van der Waals surface area contributed by atoms with Crippen molar-refractivity contribution in [2.45, 2.75) is 166 Å². The van der Waals surface area contributed by atoms with Gasteiger partial charge in [0.25, 0.3) is 0 Å². The molecular formula is C51H70ClN6O10P. The molecule has 2 aliphatic rings. The van der Waals surface area contributed by atoms with Gasteiger partial charge in [0.1, 0.15) is 60.4 Å². The smallest absolute Gasteiger partial charge is 0.496 e. The monoisotopic (exact) mass is 992 g/mol. The van der Waals surface area contributed by atoms with E-state index in [0.29, 0.717) is 34.7 Å². The molecule has 2 unspecified atom stereocenters. The number of nitrogens with two attached hydrogens (primary N) is 1. The summed E-state index contributed by atoms with van der Waals surface area (Å²) >= 11 is 6.50. The van der Waals surface area contributed by atoms with Crippen LogP contribution in [0.2, 0.25) is 5.02 Å². The van der Waals surface area contributed by atoms with Crippen LogP contribution < -0.4 is 15.0 Å². The molecule has 2 fully saturated rings. The van der Waals surface area contributed by atoms with Crippen LogP contribution in [0.15, 0.2) is 60.9 Å². The summed E-state index contributed by atoms with van der Waals surface area (Å²) in [6, 6.07) is 19.4. The zero-order valence-electron chi connectivity index (χ0n) is 40.7. The Hall–Kier alpha value is -4.32. The fourth-order valence-corrected chi connectivity index (χ4v) is 10.2. The average Bonchev–Trinajstić information content (AvgIpc) is 4.02. The van der Waals surface area contributed by atoms with Crippen LogP contribution in [0.25, 0.3) is 5.52 Å². The minimum absolute atomic E-state index is 0.0228. The van der Waals surface area contributed by atoms with Gasteiger partial charge in [-0.1, -0.05) is 133 Å². The number of benzene rings is 2. The number of methoxy groups -OCH3 is 1. The molecule has 16 nitrogen and oxygen atoms in total. The standard InChI is InChI=1S/C51H70ClN6O10P/c1-5-6-7-8-9-10-11-12-13-14-15-16-17-18-19-22-29-61-33-40(62-32-39-26-25-38(31-53)30-45(39)60-4)34-63-69(59,68-44-24-21-20-23-41(44)52)64-36-51(35-54)48-47(65-50(2,3)67-48)46(66-51)42-27-28-43-49(55)56-37-57-58(42)43/h20-21,23-28,30,37,40,46-48H,5-19,22,29,32-34,36H2,1-4H3,(H2,55,56,57)/t40?,46-,47-,48-,51+,69?/m0/s1. The highest BCUT2D eigenvalue weighted by Crippen LogP contribution is 2.55. The lowest BCUT2D eigenvalue weighted by Gasteiger charge is -2.30. The van der Waals surface area contributed by atoms with Crippen molar-refractivity contribution in [1.29, 1.82) is 10.5 Å². The first kappa shape index (κ1) is 54.0. The number of rotatable bonds is 32. The molecule has 6 atom stereocenters. The van der Waals surface area contributed by atoms with E-state index in [2.05, 4.69) is 29.1 Å². The van der Waals surface area contributed by atoms with Crippen molar-refractivity contribution in [3.63, 3.8) is 0 Å². The van der Waals surface area contributed by atoms with E-state index in [1.54, 1.807) is 66.9 Å². The number of nitriles is 2. The number of phosphoric ester groups is 1. The van der Waals surface area contributed by atoms with E-state index in [1.165, 1.54) is 103 Å². The molecule has 0 radical (unpaired) electrons. The van der Waals surface area contributed by atoms with Gasteiger partial charge in [-0.25, -0.2) is 14.1 Å². The Bertz CT molecular complexity index is 2360. The first-order chi connectivity index (χ1) is 33.4. The molecule has 0 aliphatic carbocycles. The fraction of sp³-hybridized carbons (Fsp3) is 0.608. The first-order valence-corrected chi connectivity index (χ1v) is 26.4. The largest absolute Gasteiger partial charge is 0.530 e. The molecule has 18 heteroatoms. The third-order valence-corrected chi connectivity index (χ3v) is 14.1. The minimum Gasteiger partial charge on any atom is -0.496 e. The Morgan fingerprint density at radius 3 is 2.19 bits per heavy atom. The average molecular weight is 994 g/mol. The predicted molar refractivity (Wildman–Crippen MR) is 262 cm³/mol. The van der Waals surface area contributed by atoms with Crippen molar-refractivity contribution in [2.75, 3.05) is 39.3 Å². The van der Waals surface area contributed by atoms with Gasteiger partial charge in [0.15, 0.2) is 11.6 Å². The molecule has 4 heterocycles. The number of nitrogens with zero attached hydrogens (tertiary/aromatic N) is 5. The fourth-order valence-electron chi connectivity index (χ4n) is 8.72. The van der Waals surface area contributed by atoms with E-state index in [-0.39, 0.29) is 36.4 Å². The molecule has 2 aromatic heterocycles. The quantitative estimate of drug-likeness (QED) is 0.0357. The van der Waals surface area contributed by atoms with Crippen molar-refractivity contribution < 1.29 is 46.6 Å². The van der Waals surface area contributed by atoms with Gasteiger partial charge in [-0.2, -0.15) is 15.6 Å². The molecule has 0 bridgehead atoms. The number of unbranched alkanes of at least 4 members (excludes halogenated alkanes) is 15. The Morgan fingerprint density at radius 2 is 1.54 bits per heavy atom.